The molecule has 1 fully saturated rings. The Hall–Kier alpha value is -1.28. The van der Waals surface area contributed by atoms with Gasteiger partial charge in [0.1, 0.15) is 30.5 Å². The molecule has 148 valence electrons. The molecule has 1 aliphatic rings. The second-order valence-corrected chi connectivity index (χ2v) is 8.37. The van der Waals surface area contributed by atoms with Crippen LogP contribution in [0.15, 0.2) is 24.3 Å². The van der Waals surface area contributed by atoms with E-state index in [1.54, 1.807) is 11.3 Å². The van der Waals surface area contributed by atoms with E-state index in [1.807, 2.05) is 6.92 Å². The van der Waals surface area contributed by atoms with Gasteiger partial charge in [-0.05, 0) is 42.5 Å². The molecule has 27 heavy (non-hydrogen) atoms. The van der Waals surface area contributed by atoms with Crippen LogP contribution in [-0.2, 0) is 17.6 Å². The molecule has 3 rings (SSSR count). The first-order valence-corrected chi connectivity index (χ1v) is 10.2. The Bertz CT molecular complexity index is 768. The largest absolute Gasteiger partial charge is 0.394 e. The maximum absolute atomic E-state index is 10.4. The first kappa shape index (κ1) is 20.5. The van der Waals surface area contributed by atoms with Gasteiger partial charge in [0.25, 0.3) is 0 Å². The lowest BCUT2D eigenvalue weighted by atomic mass is 9.92. The molecule has 0 amide bonds. The highest BCUT2D eigenvalue weighted by atomic mass is 32.1. The first-order chi connectivity index (χ1) is 12.9. The fourth-order valence-corrected chi connectivity index (χ4v) is 4.94. The van der Waals surface area contributed by atoms with Gasteiger partial charge in [0.15, 0.2) is 0 Å². The molecule has 1 aromatic heterocycles. The lowest BCUT2D eigenvalue weighted by Crippen LogP contribution is -2.55. The number of aryl methyl sites for hydroxylation is 1. The molecule has 5 unspecified atom stereocenters. The van der Waals surface area contributed by atoms with Crippen LogP contribution in [0.2, 0.25) is 0 Å². The number of aliphatic hydroxyl groups excluding tert-OH is 4. The van der Waals surface area contributed by atoms with E-state index in [0.29, 0.717) is 0 Å². The zero-order chi connectivity index (χ0) is 19.7. The average Bonchev–Trinajstić information content (AvgIpc) is 2.95. The normalized spacial score (nSPS) is 28.5. The monoisotopic (exact) mass is 392 g/mol. The molecule has 2 heterocycles. The smallest absolute Gasteiger partial charge is 0.121 e. The summed E-state index contributed by atoms with van der Waals surface area (Å²) in [6.45, 7) is 5.75. The Morgan fingerprint density at radius 3 is 2.15 bits per heavy atom. The summed E-state index contributed by atoms with van der Waals surface area (Å²) < 4.78 is 5.75. The quantitative estimate of drug-likeness (QED) is 0.625. The van der Waals surface area contributed by atoms with E-state index < -0.39 is 37.1 Å². The van der Waals surface area contributed by atoms with Crippen molar-refractivity contribution in [3.05, 3.63) is 56.3 Å². The van der Waals surface area contributed by atoms with Crippen LogP contribution in [0.4, 0.5) is 0 Å². The molecule has 0 bridgehead atoms. The fraction of sp³-hybridized carbons (Fsp3) is 0.524. The van der Waals surface area contributed by atoms with Gasteiger partial charge in [-0.1, -0.05) is 31.2 Å². The molecule has 1 aliphatic heterocycles. The van der Waals surface area contributed by atoms with E-state index in [0.717, 1.165) is 28.8 Å². The molecule has 0 spiro atoms. The van der Waals surface area contributed by atoms with Crippen LogP contribution in [0, 0.1) is 13.8 Å². The summed E-state index contributed by atoms with van der Waals surface area (Å²) >= 11 is 1.56. The molecular weight excluding hydrogens is 364 g/mol. The molecule has 0 aliphatic carbocycles. The summed E-state index contributed by atoms with van der Waals surface area (Å²) in [7, 11) is 0. The Morgan fingerprint density at radius 1 is 0.926 bits per heavy atom. The molecule has 5 nitrogen and oxygen atoms in total. The summed E-state index contributed by atoms with van der Waals surface area (Å²) in [5.74, 6) is 0. The standard InChI is InChI=1S/C21H28O5S/c1-4-13-5-7-14(8-6-13)9-16-11(2)12(3)21(27-16)20-19(25)18(24)17(23)15(10-22)26-20/h5-8,15,17-20,22-25H,4,9-10H2,1-3H3. The van der Waals surface area contributed by atoms with Gasteiger partial charge in [-0.15, -0.1) is 11.3 Å². The van der Waals surface area contributed by atoms with Gasteiger partial charge in [0, 0.05) is 16.2 Å². The SMILES string of the molecule is CCc1ccc(Cc2sc(C3OC(CO)C(O)C(O)C3O)c(C)c2C)cc1. The van der Waals surface area contributed by atoms with Crippen molar-refractivity contribution in [2.45, 2.75) is 64.1 Å². The van der Waals surface area contributed by atoms with Crippen molar-refractivity contribution in [3.63, 3.8) is 0 Å². The van der Waals surface area contributed by atoms with Gasteiger partial charge >= 0.3 is 0 Å². The van der Waals surface area contributed by atoms with Crippen LogP contribution >= 0.6 is 11.3 Å². The average molecular weight is 393 g/mol. The predicted octanol–water partition coefficient (Wildman–Crippen LogP) is 2.03. The zero-order valence-corrected chi connectivity index (χ0v) is 16.7. The predicted molar refractivity (Wildman–Crippen MR) is 105 cm³/mol. The van der Waals surface area contributed by atoms with Crippen LogP contribution in [0.5, 0.6) is 0 Å². The Morgan fingerprint density at radius 2 is 1.56 bits per heavy atom. The second kappa shape index (κ2) is 8.39. The molecule has 1 saturated heterocycles. The number of rotatable bonds is 5. The zero-order valence-electron chi connectivity index (χ0n) is 15.9. The number of hydrogen-bond donors (Lipinski definition) is 4. The van der Waals surface area contributed by atoms with E-state index in [-0.39, 0.29) is 0 Å². The minimum Gasteiger partial charge on any atom is -0.394 e. The van der Waals surface area contributed by atoms with Crippen LogP contribution in [0.25, 0.3) is 0 Å². The molecule has 0 radical (unpaired) electrons. The number of benzene rings is 1. The summed E-state index contributed by atoms with van der Waals surface area (Å²) in [4.78, 5) is 2.02. The third-order valence-corrected chi connectivity index (χ3v) is 6.99. The number of aliphatic hydroxyl groups is 4. The van der Waals surface area contributed by atoms with E-state index in [2.05, 4.69) is 38.1 Å². The summed E-state index contributed by atoms with van der Waals surface area (Å²) in [6, 6.07) is 8.56. The van der Waals surface area contributed by atoms with Crippen molar-refractivity contribution in [3.8, 4) is 0 Å². The molecule has 5 atom stereocenters. The lowest BCUT2D eigenvalue weighted by Gasteiger charge is -2.40. The van der Waals surface area contributed by atoms with Crippen LogP contribution in [0.1, 0.15) is 45.0 Å². The highest BCUT2D eigenvalue weighted by Gasteiger charge is 2.45. The van der Waals surface area contributed by atoms with Gasteiger partial charge in [0.05, 0.1) is 6.61 Å². The fourth-order valence-electron chi connectivity index (χ4n) is 3.52. The lowest BCUT2D eigenvalue weighted by molar-refractivity contribution is -0.231. The minimum absolute atomic E-state index is 0.415. The summed E-state index contributed by atoms with van der Waals surface area (Å²) in [5, 5.41) is 40.0. The highest BCUT2D eigenvalue weighted by molar-refractivity contribution is 7.12. The molecule has 1 aromatic carbocycles. The van der Waals surface area contributed by atoms with Crippen molar-refractivity contribution >= 4 is 11.3 Å². The van der Waals surface area contributed by atoms with Crippen molar-refractivity contribution in [1.82, 2.24) is 0 Å². The first-order valence-electron chi connectivity index (χ1n) is 9.34. The Labute approximate surface area is 163 Å². The summed E-state index contributed by atoms with van der Waals surface area (Å²) in [5.41, 5.74) is 4.69. The third-order valence-electron chi connectivity index (χ3n) is 5.53. The van der Waals surface area contributed by atoms with Gasteiger partial charge in [-0.25, -0.2) is 0 Å². The molecule has 2 aromatic rings. The van der Waals surface area contributed by atoms with E-state index in [1.165, 1.54) is 16.0 Å². The molecule has 6 heteroatoms. The van der Waals surface area contributed by atoms with Crippen molar-refractivity contribution in [2.24, 2.45) is 0 Å². The van der Waals surface area contributed by atoms with Crippen molar-refractivity contribution in [1.29, 1.82) is 0 Å². The maximum Gasteiger partial charge on any atom is 0.121 e. The Balaban J connectivity index is 1.87. The van der Waals surface area contributed by atoms with Gasteiger partial charge < -0.3 is 25.2 Å². The van der Waals surface area contributed by atoms with Crippen molar-refractivity contribution < 1.29 is 25.2 Å². The van der Waals surface area contributed by atoms with Crippen LogP contribution in [0.3, 0.4) is 0 Å². The minimum atomic E-state index is -1.35. The number of hydrogen-bond acceptors (Lipinski definition) is 6. The van der Waals surface area contributed by atoms with Crippen LogP contribution in [-0.4, -0.2) is 51.4 Å². The maximum atomic E-state index is 10.4. The molecular formula is C21H28O5S. The van der Waals surface area contributed by atoms with Crippen molar-refractivity contribution in [2.75, 3.05) is 6.61 Å². The van der Waals surface area contributed by atoms with E-state index >= 15 is 0 Å². The number of ether oxygens (including phenoxy) is 1. The number of thiophene rings is 1. The molecule has 0 saturated carbocycles. The second-order valence-electron chi connectivity index (χ2n) is 7.24. The van der Waals surface area contributed by atoms with E-state index in [4.69, 9.17) is 4.74 Å². The van der Waals surface area contributed by atoms with Crippen LogP contribution < -0.4 is 0 Å². The third kappa shape index (κ3) is 3.97. The topological polar surface area (TPSA) is 90.2 Å². The van der Waals surface area contributed by atoms with Gasteiger partial charge in [-0.3, -0.25) is 0 Å². The van der Waals surface area contributed by atoms with Gasteiger partial charge in [-0.2, -0.15) is 0 Å². The van der Waals surface area contributed by atoms with E-state index in [9.17, 15) is 20.4 Å². The Kier molecular flexibility index (Phi) is 6.35. The highest BCUT2D eigenvalue weighted by Crippen LogP contribution is 2.40. The summed E-state index contributed by atoms with van der Waals surface area (Å²) in [6.07, 6.45) is -3.78. The molecule has 4 N–H and O–H groups in total. The van der Waals surface area contributed by atoms with Gasteiger partial charge in [0.2, 0.25) is 0 Å².